The van der Waals surface area contributed by atoms with Crippen LogP contribution in [0.15, 0.2) is 36.1 Å². The van der Waals surface area contributed by atoms with Gasteiger partial charge in [0.25, 0.3) is 0 Å². The summed E-state index contributed by atoms with van der Waals surface area (Å²) in [6.45, 7) is 1.48. The first kappa shape index (κ1) is 13.1. The van der Waals surface area contributed by atoms with Crippen LogP contribution in [0.25, 0.3) is 4.48 Å². The molecule has 0 saturated carbocycles. The van der Waals surface area contributed by atoms with Crippen LogP contribution >= 0.6 is 15.9 Å². The second-order valence-corrected chi connectivity index (χ2v) is 3.73. The maximum absolute atomic E-state index is 12.6. The lowest BCUT2D eigenvalue weighted by Crippen LogP contribution is -2.16. The summed E-state index contributed by atoms with van der Waals surface area (Å²) in [5.41, 5.74) is 0.434. The van der Waals surface area contributed by atoms with Crippen LogP contribution in [0, 0.1) is 0 Å². The largest absolute Gasteiger partial charge is 0.488 e. The molecule has 1 rings (SSSR count). The Morgan fingerprint density at radius 1 is 1.25 bits per heavy atom. The Balaban J connectivity index is 3.17. The van der Waals surface area contributed by atoms with Gasteiger partial charge >= 0.3 is 6.18 Å². The summed E-state index contributed by atoms with van der Waals surface area (Å²) >= 11 is 2.92. The van der Waals surface area contributed by atoms with Gasteiger partial charge in [0.05, 0.1) is 11.1 Å². The van der Waals surface area contributed by atoms with Crippen molar-refractivity contribution in [3.05, 3.63) is 41.7 Å². The van der Waals surface area contributed by atoms with Crippen molar-refractivity contribution in [3.63, 3.8) is 0 Å². The first-order chi connectivity index (χ1) is 7.46. The normalized spacial score (nSPS) is 13.3. The second kappa shape index (κ2) is 5.39. The fourth-order valence-corrected chi connectivity index (χ4v) is 1.73. The number of halogens is 4. The summed E-state index contributed by atoms with van der Waals surface area (Å²) in [4.78, 5) is 0. The fraction of sp³-hybridized carbons (Fsp3) is 0.273. The van der Waals surface area contributed by atoms with E-state index in [1.807, 2.05) is 0 Å². The molecule has 1 aromatic carbocycles. The van der Waals surface area contributed by atoms with Crippen LogP contribution in [0.5, 0.6) is 0 Å². The molecule has 0 heterocycles. The summed E-state index contributed by atoms with van der Waals surface area (Å²) in [6, 6.07) is 8.22. The van der Waals surface area contributed by atoms with Gasteiger partial charge in [0, 0.05) is 0 Å². The van der Waals surface area contributed by atoms with E-state index in [4.69, 9.17) is 0 Å². The Morgan fingerprint density at radius 3 is 2.25 bits per heavy atom. The standard InChI is InChI=1S/C11H10BrF3O/c1-2-16-10(11(13,14)15)9(12)8-6-4-3-5-7-8/h3-7H,2H2,1H3/b10-9-. The van der Waals surface area contributed by atoms with Crippen molar-refractivity contribution in [2.45, 2.75) is 13.1 Å². The van der Waals surface area contributed by atoms with Gasteiger partial charge in [-0.25, -0.2) is 0 Å². The van der Waals surface area contributed by atoms with Crippen LogP contribution in [0.1, 0.15) is 12.5 Å². The molecule has 0 aliphatic carbocycles. The van der Waals surface area contributed by atoms with E-state index in [-0.39, 0.29) is 11.1 Å². The number of hydrogen-bond donors (Lipinski definition) is 0. The predicted octanol–water partition coefficient (Wildman–Crippen LogP) is 4.35. The van der Waals surface area contributed by atoms with Crippen molar-refractivity contribution in [1.82, 2.24) is 0 Å². The Bertz CT molecular complexity index is 371. The highest BCUT2D eigenvalue weighted by atomic mass is 79.9. The average molecular weight is 295 g/mol. The Kier molecular flexibility index (Phi) is 4.41. The third-order valence-electron chi connectivity index (χ3n) is 1.77. The maximum Gasteiger partial charge on any atom is 0.450 e. The quantitative estimate of drug-likeness (QED) is 0.753. The molecule has 0 N–H and O–H groups in total. The van der Waals surface area contributed by atoms with Gasteiger partial charge in [0.1, 0.15) is 0 Å². The molecular weight excluding hydrogens is 285 g/mol. The van der Waals surface area contributed by atoms with E-state index in [9.17, 15) is 13.2 Å². The lowest BCUT2D eigenvalue weighted by Gasteiger charge is -2.14. The Labute approximate surface area is 100 Å². The summed E-state index contributed by atoms with van der Waals surface area (Å²) in [5, 5.41) is 0. The van der Waals surface area contributed by atoms with Crippen molar-refractivity contribution in [1.29, 1.82) is 0 Å². The highest BCUT2D eigenvalue weighted by Gasteiger charge is 2.38. The van der Waals surface area contributed by atoms with E-state index < -0.39 is 11.9 Å². The monoisotopic (exact) mass is 294 g/mol. The zero-order valence-corrected chi connectivity index (χ0v) is 10.1. The summed E-state index contributed by atoms with van der Waals surface area (Å²) in [6.07, 6.45) is -4.50. The zero-order chi connectivity index (χ0) is 12.2. The van der Waals surface area contributed by atoms with E-state index in [0.717, 1.165) is 0 Å². The summed E-state index contributed by atoms with van der Waals surface area (Å²) in [5.74, 6) is -0.999. The fourth-order valence-electron chi connectivity index (χ4n) is 1.13. The predicted molar refractivity (Wildman–Crippen MR) is 60.0 cm³/mol. The van der Waals surface area contributed by atoms with E-state index in [2.05, 4.69) is 20.7 Å². The molecule has 0 aliphatic rings. The Morgan fingerprint density at radius 2 is 1.81 bits per heavy atom. The van der Waals surface area contributed by atoms with Crippen molar-refractivity contribution < 1.29 is 17.9 Å². The molecule has 16 heavy (non-hydrogen) atoms. The molecule has 0 unspecified atom stereocenters. The van der Waals surface area contributed by atoms with Gasteiger partial charge in [-0.3, -0.25) is 0 Å². The van der Waals surface area contributed by atoms with Gasteiger partial charge < -0.3 is 4.74 Å². The number of allylic oxidation sites excluding steroid dienone is 1. The molecule has 0 fully saturated rings. The summed E-state index contributed by atoms with van der Waals surface area (Å²) < 4.78 is 42.4. The molecule has 0 atom stereocenters. The van der Waals surface area contributed by atoms with Gasteiger partial charge in [-0.1, -0.05) is 30.3 Å². The molecule has 0 saturated heterocycles. The number of alkyl halides is 3. The van der Waals surface area contributed by atoms with Crippen molar-refractivity contribution in [2.24, 2.45) is 0 Å². The van der Waals surface area contributed by atoms with E-state index in [1.54, 1.807) is 30.3 Å². The van der Waals surface area contributed by atoms with Gasteiger partial charge in [-0.2, -0.15) is 13.2 Å². The smallest absolute Gasteiger partial charge is 0.450 e. The average Bonchev–Trinajstić information content (AvgIpc) is 2.25. The minimum absolute atomic E-state index is 0.0310. The van der Waals surface area contributed by atoms with E-state index in [0.29, 0.717) is 5.56 Å². The third-order valence-corrected chi connectivity index (χ3v) is 2.59. The molecular formula is C11H10BrF3O. The molecule has 1 aromatic rings. The molecule has 0 radical (unpaired) electrons. The lowest BCUT2D eigenvalue weighted by atomic mass is 10.2. The first-order valence-electron chi connectivity index (χ1n) is 4.62. The van der Waals surface area contributed by atoms with Crippen molar-refractivity contribution in [3.8, 4) is 0 Å². The topological polar surface area (TPSA) is 9.23 Å². The highest BCUT2D eigenvalue weighted by molar-refractivity contribution is 9.15. The minimum Gasteiger partial charge on any atom is -0.488 e. The molecule has 0 aliphatic heterocycles. The van der Waals surface area contributed by atoms with Crippen LogP contribution in [-0.2, 0) is 4.74 Å². The van der Waals surface area contributed by atoms with Crippen LogP contribution < -0.4 is 0 Å². The van der Waals surface area contributed by atoms with Gasteiger partial charge in [-0.15, -0.1) is 0 Å². The second-order valence-electron chi connectivity index (χ2n) is 2.94. The zero-order valence-electron chi connectivity index (χ0n) is 8.51. The molecule has 1 nitrogen and oxygen atoms in total. The molecule has 0 spiro atoms. The van der Waals surface area contributed by atoms with Gasteiger partial charge in [0.15, 0.2) is 0 Å². The molecule has 0 aromatic heterocycles. The van der Waals surface area contributed by atoms with Crippen LogP contribution in [-0.4, -0.2) is 12.8 Å². The van der Waals surface area contributed by atoms with Crippen LogP contribution in [0.3, 0.4) is 0 Å². The number of rotatable bonds is 3. The van der Waals surface area contributed by atoms with E-state index in [1.165, 1.54) is 6.92 Å². The minimum atomic E-state index is -4.50. The Hall–Kier alpha value is -0.970. The van der Waals surface area contributed by atoms with Crippen LogP contribution in [0.2, 0.25) is 0 Å². The van der Waals surface area contributed by atoms with Gasteiger partial charge in [-0.05, 0) is 28.4 Å². The highest BCUT2D eigenvalue weighted by Crippen LogP contribution is 2.36. The van der Waals surface area contributed by atoms with Crippen molar-refractivity contribution >= 4 is 20.4 Å². The number of hydrogen-bond acceptors (Lipinski definition) is 1. The molecule has 0 amide bonds. The first-order valence-corrected chi connectivity index (χ1v) is 5.41. The number of ether oxygens (including phenoxy) is 1. The van der Waals surface area contributed by atoms with Crippen LogP contribution in [0.4, 0.5) is 13.2 Å². The maximum atomic E-state index is 12.6. The number of benzene rings is 1. The van der Waals surface area contributed by atoms with Crippen molar-refractivity contribution in [2.75, 3.05) is 6.61 Å². The lowest BCUT2D eigenvalue weighted by molar-refractivity contribution is -0.128. The van der Waals surface area contributed by atoms with E-state index >= 15 is 0 Å². The molecule has 5 heteroatoms. The summed E-state index contributed by atoms with van der Waals surface area (Å²) in [7, 11) is 0. The SMILES string of the molecule is CCO/C(=C(\Br)c1ccccc1)C(F)(F)F. The molecule has 0 bridgehead atoms. The van der Waals surface area contributed by atoms with Gasteiger partial charge in [0.2, 0.25) is 5.76 Å². The third kappa shape index (κ3) is 3.27. The molecule has 88 valence electrons.